The highest BCUT2D eigenvalue weighted by Gasteiger charge is 2.42. The van der Waals surface area contributed by atoms with Gasteiger partial charge in [-0.1, -0.05) is 30.3 Å². The Hall–Kier alpha value is -1.36. The van der Waals surface area contributed by atoms with Crippen molar-refractivity contribution < 1.29 is 13.2 Å². The van der Waals surface area contributed by atoms with Crippen molar-refractivity contribution in [2.45, 2.75) is 25.4 Å². The molecule has 1 atom stereocenters. The molecule has 1 aromatic rings. The fourth-order valence-electron chi connectivity index (χ4n) is 2.36. The van der Waals surface area contributed by atoms with Crippen LogP contribution in [0.25, 0.3) is 0 Å². The molecule has 0 saturated carbocycles. The van der Waals surface area contributed by atoms with Gasteiger partial charge in [0.25, 0.3) is 0 Å². The number of carbonyl (C=O) groups is 1. The van der Waals surface area contributed by atoms with Crippen LogP contribution in [0.5, 0.6) is 0 Å². The van der Waals surface area contributed by atoms with Gasteiger partial charge in [0.15, 0.2) is 9.84 Å². The lowest BCUT2D eigenvalue weighted by Crippen LogP contribution is -2.46. The first-order chi connectivity index (χ1) is 8.45. The van der Waals surface area contributed by atoms with Crippen LogP contribution in [-0.2, 0) is 21.2 Å². The maximum atomic E-state index is 11.6. The van der Waals surface area contributed by atoms with Crippen LogP contribution in [0.15, 0.2) is 30.3 Å². The number of hydrogen-bond donors (Lipinski definition) is 0. The van der Waals surface area contributed by atoms with Crippen LogP contribution in [0.2, 0.25) is 0 Å². The lowest BCUT2D eigenvalue weighted by molar-refractivity contribution is -0.123. The molecule has 2 rings (SSSR count). The highest BCUT2D eigenvalue weighted by molar-refractivity contribution is 7.91. The van der Waals surface area contributed by atoms with E-state index in [2.05, 4.69) is 0 Å². The Kier molecular flexibility index (Phi) is 3.43. The summed E-state index contributed by atoms with van der Waals surface area (Å²) in [6.07, 6.45) is 1.27. The third kappa shape index (κ3) is 2.72. The average Bonchev–Trinajstić information content (AvgIpc) is 2.63. The van der Waals surface area contributed by atoms with Gasteiger partial charge in [-0.25, -0.2) is 8.42 Å². The molecule has 0 radical (unpaired) electrons. The van der Waals surface area contributed by atoms with Crippen molar-refractivity contribution in [3.63, 3.8) is 0 Å². The standard InChI is InChI=1S/C13H17NO3S/c1-13(7-8-18(16,17)10-13)14(11-15)9-12-5-3-2-4-6-12/h2-6,11H,7-10H2,1H3/t13-/m0/s1. The summed E-state index contributed by atoms with van der Waals surface area (Å²) in [6, 6.07) is 9.60. The molecular formula is C13H17NO3S. The van der Waals surface area contributed by atoms with Crippen LogP contribution in [0.3, 0.4) is 0 Å². The summed E-state index contributed by atoms with van der Waals surface area (Å²) < 4.78 is 23.2. The Morgan fingerprint density at radius 3 is 2.50 bits per heavy atom. The summed E-state index contributed by atoms with van der Waals surface area (Å²) in [6.45, 7) is 2.30. The lowest BCUT2D eigenvalue weighted by atomic mass is 9.99. The van der Waals surface area contributed by atoms with Crippen molar-refractivity contribution in [3.05, 3.63) is 35.9 Å². The Labute approximate surface area is 108 Å². The normalized spacial score (nSPS) is 25.8. The van der Waals surface area contributed by atoms with Crippen molar-refractivity contribution >= 4 is 16.2 Å². The molecular weight excluding hydrogens is 250 g/mol. The minimum atomic E-state index is -3.00. The first kappa shape index (κ1) is 13.1. The summed E-state index contributed by atoms with van der Waals surface area (Å²) in [5.41, 5.74) is 0.436. The molecule has 0 spiro atoms. The van der Waals surface area contributed by atoms with Crippen molar-refractivity contribution in [3.8, 4) is 0 Å². The van der Waals surface area contributed by atoms with E-state index in [-0.39, 0.29) is 11.5 Å². The smallest absolute Gasteiger partial charge is 0.210 e. The number of benzene rings is 1. The molecule has 0 unspecified atom stereocenters. The Balaban J connectivity index is 2.17. The van der Waals surface area contributed by atoms with Crippen molar-refractivity contribution in [2.24, 2.45) is 0 Å². The largest absolute Gasteiger partial charge is 0.334 e. The van der Waals surface area contributed by atoms with Gasteiger partial charge in [-0.15, -0.1) is 0 Å². The van der Waals surface area contributed by atoms with E-state index in [1.165, 1.54) is 0 Å². The van der Waals surface area contributed by atoms with E-state index in [1.807, 2.05) is 37.3 Å². The van der Waals surface area contributed by atoms with Crippen molar-refractivity contribution in [1.82, 2.24) is 4.90 Å². The fourth-order valence-corrected chi connectivity index (χ4v) is 4.51. The van der Waals surface area contributed by atoms with Crippen LogP contribution in [0.1, 0.15) is 18.9 Å². The molecule has 5 heteroatoms. The summed E-state index contributed by atoms with van der Waals surface area (Å²) in [4.78, 5) is 12.8. The van der Waals surface area contributed by atoms with Crippen molar-refractivity contribution in [1.29, 1.82) is 0 Å². The average molecular weight is 267 g/mol. The molecule has 1 heterocycles. The van der Waals surface area contributed by atoms with E-state index < -0.39 is 15.4 Å². The molecule has 1 fully saturated rings. The van der Waals surface area contributed by atoms with E-state index in [0.29, 0.717) is 13.0 Å². The molecule has 4 nitrogen and oxygen atoms in total. The topological polar surface area (TPSA) is 54.5 Å². The zero-order chi connectivity index (χ0) is 13.2. The number of hydrogen-bond acceptors (Lipinski definition) is 3. The zero-order valence-electron chi connectivity index (χ0n) is 10.4. The van der Waals surface area contributed by atoms with E-state index in [4.69, 9.17) is 0 Å². The Morgan fingerprint density at radius 2 is 2.00 bits per heavy atom. The van der Waals surface area contributed by atoms with E-state index in [1.54, 1.807) is 4.90 Å². The molecule has 1 amide bonds. The Bertz CT molecular complexity index is 526. The third-order valence-corrected chi connectivity index (χ3v) is 5.39. The van der Waals surface area contributed by atoms with E-state index in [0.717, 1.165) is 12.0 Å². The summed E-state index contributed by atoms with van der Waals surface area (Å²) in [7, 11) is -3.00. The van der Waals surface area contributed by atoms with Gasteiger partial charge in [-0.05, 0) is 18.9 Å². The summed E-state index contributed by atoms with van der Waals surface area (Å²) in [5.74, 6) is 0.230. The van der Waals surface area contributed by atoms with Crippen LogP contribution >= 0.6 is 0 Å². The van der Waals surface area contributed by atoms with Gasteiger partial charge >= 0.3 is 0 Å². The van der Waals surface area contributed by atoms with Crippen LogP contribution in [0, 0.1) is 0 Å². The predicted molar refractivity (Wildman–Crippen MR) is 69.7 cm³/mol. The van der Waals surface area contributed by atoms with E-state index >= 15 is 0 Å². The quantitative estimate of drug-likeness (QED) is 0.771. The second-order valence-corrected chi connectivity index (χ2v) is 7.24. The molecule has 98 valence electrons. The minimum Gasteiger partial charge on any atom is -0.334 e. The number of carbonyl (C=O) groups excluding carboxylic acids is 1. The molecule has 1 saturated heterocycles. The Morgan fingerprint density at radius 1 is 1.33 bits per heavy atom. The predicted octanol–water partition coefficient (Wildman–Crippen LogP) is 1.22. The second-order valence-electron chi connectivity index (χ2n) is 5.06. The van der Waals surface area contributed by atoms with Gasteiger partial charge in [0.1, 0.15) is 0 Å². The molecule has 1 aliphatic heterocycles. The molecule has 0 aromatic heterocycles. The van der Waals surface area contributed by atoms with Crippen LogP contribution in [-0.4, -0.2) is 36.8 Å². The lowest BCUT2D eigenvalue weighted by Gasteiger charge is -2.34. The number of amides is 1. The molecule has 0 N–H and O–H groups in total. The first-order valence-corrected chi connectivity index (χ1v) is 7.74. The SMILES string of the molecule is C[C@]1(N(C=O)Cc2ccccc2)CCS(=O)(=O)C1. The van der Waals surface area contributed by atoms with Gasteiger partial charge < -0.3 is 4.90 Å². The van der Waals surface area contributed by atoms with Gasteiger partial charge in [0.2, 0.25) is 6.41 Å². The summed E-state index contributed by atoms with van der Waals surface area (Å²) in [5, 5.41) is 0. The summed E-state index contributed by atoms with van der Waals surface area (Å²) >= 11 is 0. The maximum absolute atomic E-state index is 11.6. The number of rotatable bonds is 4. The monoisotopic (exact) mass is 267 g/mol. The minimum absolute atomic E-state index is 0.0611. The maximum Gasteiger partial charge on any atom is 0.210 e. The van der Waals surface area contributed by atoms with Crippen LogP contribution in [0.4, 0.5) is 0 Å². The molecule has 1 aromatic carbocycles. The second kappa shape index (κ2) is 4.72. The highest BCUT2D eigenvalue weighted by Crippen LogP contribution is 2.29. The molecule has 18 heavy (non-hydrogen) atoms. The highest BCUT2D eigenvalue weighted by atomic mass is 32.2. The van der Waals surface area contributed by atoms with Gasteiger partial charge in [0, 0.05) is 6.54 Å². The van der Waals surface area contributed by atoms with E-state index in [9.17, 15) is 13.2 Å². The third-order valence-electron chi connectivity index (χ3n) is 3.50. The van der Waals surface area contributed by atoms with Gasteiger partial charge in [-0.3, -0.25) is 4.79 Å². The fraction of sp³-hybridized carbons (Fsp3) is 0.462. The van der Waals surface area contributed by atoms with Gasteiger partial charge in [0.05, 0.1) is 17.0 Å². The molecule has 0 aliphatic carbocycles. The number of nitrogens with zero attached hydrogens (tertiary/aromatic N) is 1. The number of sulfone groups is 1. The first-order valence-electron chi connectivity index (χ1n) is 5.92. The van der Waals surface area contributed by atoms with Crippen LogP contribution < -0.4 is 0 Å². The van der Waals surface area contributed by atoms with Gasteiger partial charge in [-0.2, -0.15) is 0 Å². The molecule has 1 aliphatic rings. The molecule has 0 bridgehead atoms. The zero-order valence-corrected chi connectivity index (χ0v) is 11.2. The van der Waals surface area contributed by atoms with Crippen molar-refractivity contribution in [2.75, 3.05) is 11.5 Å².